The number of benzene rings is 2. The Bertz CT molecular complexity index is 675. The lowest BCUT2D eigenvalue weighted by Gasteiger charge is -2.15. The Labute approximate surface area is 133 Å². The molecule has 2 aromatic rings. The van der Waals surface area contributed by atoms with Crippen molar-refractivity contribution in [3.05, 3.63) is 58.4 Å². The zero-order valence-corrected chi connectivity index (χ0v) is 12.7. The molecular weight excluding hydrogens is 307 g/mol. The second kappa shape index (κ2) is 7.24. The van der Waals surface area contributed by atoms with Crippen molar-refractivity contribution in [3.63, 3.8) is 0 Å². The van der Waals surface area contributed by atoms with Crippen molar-refractivity contribution in [1.29, 1.82) is 0 Å². The molecule has 0 bridgehead atoms. The lowest BCUT2D eigenvalue weighted by Crippen LogP contribution is -2.11. The molecule has 1 atom stereocenters. The molecule has 0 saturated heterocycles. The second-order valence-electron chi connectivity index (χ2n) is 4.71. The number of oxime groups is 1. The summed E-state index contributed by atoms with van der Waals surface area (Å²) >= 11 is 6.02. The highest BCUT2D eigenvalue weighted by atomic mass is 35.5. The number of halogens is 2. The van der Waals surface area contributed by atoms with E-state index in [9.17, 15) is 4.39 Å². The van der Waals surface area contributed by atoms with Gasteiger partial charge in [0, 0.05) is 11.6 Å². The monoisotopic (exact) mass is 322 g/mol. The molecule has 0 radical (unpaired) electrons. The molecule has 0 aliphatic carbocycles. The highest BCUT2D eigenvalue weighted by Gasteiger charge is 2.18. The summed E-state index contributed by atoms with van der Waals surface area (Å²) in [6.07, 6.45) is 1.88. The third-order valence-corrected chi connectivity index (χ3v) is 3.52. The average molecular weight is 323 g/mol. The van der Waals surface area contributed by atoms with Crippen molar-refractivity contribution in [3.8, 4) is 11.5 Å². The Morgan fingerprint density at radius 3 is 2.59 bits per heavy atom. The van der Waals surface area contributed by atoms with E-state index in [1.54, 1.807) is 36.4 Å². The molecule has 6 heteroatoms. The molecule has 0 aromatic heterocycles. The van der Waals surface area contributed by atoms with Gasteiger partial charge in [-0.2, -0.15) is 0 Å². The summed E-state index contributed by atoms with van der Waals surface area (Å²) in [6, 6.07) is 9.31. The first-order valence-corrected chi connectivity index (χ1v) is 7.13. The molecule has 3 N–H and O–H groups in total. The largest absolute Gasteiger partial charge is 0.453 e. The van der Waals surface area contributed by atoms with E-state index in [1.807, 2.05) is 6.92 Å². The molecule has 2 rings (SSSR count). The Morgan fingerprint density at radius 2 is 2.00 bits per heavy atom. The fraction of sp³-hybridized carbons (Fsp3) is 0.188. The van der Waals surface area contributed by atoms with Crippen molar-refractivity contribution in [2.45, 2.75) is 19.4 Å². The van der Waals surface area contributed by atoms with Crippen molar-refractivity contribution < 1.29 is 14.3 Å². The predicted octanol–water partition coefficient (Wildman–Crippen LogP) is 4.49. The van der Waals surface area contributed by atoms with Crippen LogP contribution in [-0.2, 0) is 0 Å². The van der Waals surface area contributed by atoms with Crippen LogP contribution in [0.25, 0.3) is 0 Å². The van der Waals surface area contributed by atoms with Crippen LogP contribution < -0.4 is 10.5 Å². The summed E-state index contributed by atoms with van der Waals surface area (Å²) in [4.78, 5) is 0. The van der Waals surface area contributed by atoms with E-state index in [0.717, 1.165) is 0 Å². The minimum atomic E-state index is -0.553. The Hall–Kier alpha value is -2.11. The maximum absolute atomic E-state index is 14.5. The van der Waals surface area contributed by atoms with Crippen molar-refractivity contribution in [2.24, 2.45) is 10.9 Å². The van der Waals surface area contributed by atoms with Gasteiger partial charge in [-0.15, -0.1) is 0 Å². The summed E-state index contributed by atoms with van der Waals surface area (Å²) in [5, 5.41) is 11.6. The Kier molecular flexibility index (Phi) is 5.35. The van der Waals surface area contributed by atoms with E-state index in [-0.39, 0.29) is 10.8 Å². The number of nitrogens with zero attached hydrogens (tertiary/aromatic N) is 1. The second-order valence-corrected chi connectivity index (χ2v) is 5.12. The number of ether oxygens (including phenoxy) is 1. The molecule has 0 amide bonds. The standard InChI is InChI=1S/C16H16ClFN2O2/c1-2-14(19)12-7-8-13(17)16(15(12)18)22-11-5-3-10(4-6-11)9-20-21/h3-9,14,21H,2,19H2,1H3. The SMILES string of the molecule is CCC(N)c1ccc(Cl)c(Oc2ccc(C=NO)cc2)c1F. The maximum atomic E-state index is 14.5. The predicted molar refractivity (Wildman–Crippen MR) is 84.5 cm³/mol. The molecule has 2 aromatic carbocycles. The molecule has 22 heavy (non-hydrogen) atoms. The molecule has 0 spiro atoms. The Morgan fingerprint density at radius 1 is 1.32 bits per heavy atom. The Balaban J connectivity index is 2.32. The first kappa shape index (κ1) is 16.3. The van der Waals surface area contributed by atoms with Crippen molar-refractivity contribution in [1.82, 2.24) is 0 Å². The molecule has 116 valence electrons. The van der Waals surface area contributed by atoms with Gasteiger partial charge in [0.2, 0.25) is 0 Å². The van der Waals surface area contributed by atoms with Crippen LogP contribution in [-0.4, -0.2) is 11.4 Å². The van der Waals surface area contributed by atoms with E-state index >= 15 is 0 Å². The van der Waals surface area contributed by atoms with Crippen LogP contribution in [0.4, 0.5) is 4.39 Å². The maximum Gasteiger partial charge on any atom is 0.181 e. The van der Waals surface area contributed by atoms with Crippen molar-refractivity contribution in [2.75, 3.05) is 0 Å². The zero-order chi connectivity index (χ0) is 16.1. The van der Waals surface area contributed by atoms with Gasteiger partial charge >= 0.3 is 0 Å². The van der Waals surface area contributed by atoms with Gasteiger partial charge in [0.1, 0.15) is 5.75 Å². The molecule has 1 unspecified atom stereocenters. The van der Waals surface area contributed by atoms with E-state index in [0.29, 0.717) is 23.3 Å². The third-order valence-electron chi connectivity index (χ3n) is 3.23. The van der Waals surface area contributed by atoms with Gasteiger partial charge in [-0.1, -0.05) is 29.7 Å². The molecule has 0 aliphatic heterocycles. The topological polar surface area (TPSA) is 67.8 Å². The van der Waals surface area contributed by atoms with Gasteiger partial charge in [-0.25, -0.2) is 4.39 Å². The molecule has 0 aliphatic rings. The lowest BCUT2D eigenvalue weighted by atomic mass is 10.0. The van der Waals surface area contributed by atoms with Gasteiger partial charge < -0.3 is 15.7 Å². The number of rotatable bonds is 5. The highest BCUT2D eigenvalue weighted by Crippen LogP contribution is 2.35. The molecular formula is C16H16ClFN2O2. The van der Waals surface area contributed by atoms with Crippen LogP contribution in [0.1, 0.15) is 30.5 Å². The molecule has 0 heterocycles. The smallest absolute Gasteiger partial charge is 0.181 e. The van der Waals surface area contributed by atoms with Crippen LogP contribution in [0.3, 0.4) is 0 Å². The zero-order valence-electron chi connectivity index (χ0n) is 12.0. The third kappa shape index (κ3) is 3.55. The van der Waals surface area contributed by atoms with E-state index < -0.39 is 11.9 Å². The van der Waals surface area contributed by atoms with E-state index in [4.69, 9.17) is 27.3 Å². The quantitative estimate of drug-likeness (QED) is 0.484. The van der Waals surface area contributed by atoms with Crippen molar-refractivity contribution >= 4 is 17.8 Å². The summed E-state index contributed by atoms with van der Waals surface area (Å²) in [5.74, 6) is -0.187. The van der Waals surface area contributed by atoms with Crippen LogP contribution in [0, 0.1) is 5.82 Å². The number of nitrogens with two attached hydrogens (primary N) is 1. The van der Waals surface area contributed by atoms with E-state index in [1.165, 1.54) is 6.21 Å². The van der Waals surface area contributed by atoms with Gasteiger partial charge in [0.05, 0.1) is 11.2 Å². The summed E-state index contributed by atoms with van der Waals surface area (Å²) in [5.41, 5.74) is 6.93. The van der Waals surface area contributed by atoms with Gasteiger partial charge in [-0.05, 0) is 42.3 Å². The first-order valence-electron chi connectivity index (χ1n) is 6.75. The van der Waals surface area contributed by atoms with Gasteiger partial charge in [0.15, 0.2) is 11.6 Å². The number of hydrogen-bond donors (Lipinski definition) is 2. The normalized spacial score (nSPS) is 12.5. The lowest BCUT2D eigenvalue weighted by molar-refractivity contribution is 0.322. The highest BCUT2D eigenvalue weighted by molar-refractivity contribution is 6.32. The molecule has 4 nitrogen and oxygen atoms in total. The van der Waals surface area contributed by atoms with Crippen LogP contribution in [0.5, 0.6) is 11.5 Å². The molecule has 0 fully saturated rings. The minimum absolute atomic E-state index is 0.0494. The van der Waals surface area contributed by atoms with Crippen LogP contribution in [0.2, 0.25) is 5.02 Å². The van der Waals surface area contributed by atoms with Gasteiger partial charge in [-0.3, -0.25) is 0 Å². The van der Waals surface area contributed by atoms with Crippen LogP contribution >= 0.6 is 11.6 Å². The summed E-state index contributed by atoms with van der Waals surface area (Å²) in [7, 11) is 0. The van der Waals surface area contributed by atoms with Crippen LogP contribution in [0.15, 0.2) is 41.6 Å². The van der Waals surface area contributed by atoms with Gasteiger partial charge in [0.25, 0.3) is 0 Å². The summed E-state index contributed by atoms with van der Waals surface area (Å²) in [6.45, 7) is 1.88. The fourth-order valence-corrected chi connectivity index (χ4v) is 2.14. The summed E-state index contributed by atoms with van der Waals surface area (Å²) < 4.78 is 20.1. The van der Waals surface area contributed by atoms with E-state index in [2.05, 4.69) is 5.16 Å². The number of hydrogen-bond acceptors (Lipinski definition) is 4. The molecule has 0 saturated carbocycles. The average Bonchev–Trinajstić information content (AvgIpc) is 2.52. The minimum Gasteiger partial charge on any atom is -0.453 e. The first-order chi connectivity index (χ1) is 10.6. The fourth-order valence-electron chi connectivity index (χ4n) is 1.95.